The molecule has 1 rings (SSSR count). The fourth-order valence-electron chi connectivity index (χ4n) is 1.68. The van der Waals surface area contributed by atoms with Crippen LogP contribution in [-0.4, -0.2) is 32.4 Å². The molecule has 0 aliphatic carbocycles. The van der Waals surface area contributed by atoms with Gasteiger partial charge >= 0.3 is 0 Å². The van der Waals surface area contributed by atoms with Crippen LogP contribution in [0.2, 0.25) is 0 Å². The monoisotopic (exact) mass is 334 g/mol. The smallest absolute Gasteiger partial charge is 0.241 e. The molecular weight excluding hydrogens is 312 g/mol. The summed E-state index contributed by atoms with van der Waals surface area (Å²) in [5.41, 5.74) is 7.49. The molecule has 0 bridgehead atoms. The normalized spacial score (nSPS) is 12.6. The van der Waals surface area contributed by atoms with Gasteiger partial charge in [0.2, 0.25) is 5.91 Å². The molecule has 7 heteroatoms. The highest BCUT2D eigenvalue weighted by molar-refractivity contribution is 7.90. The van der Waals surface area contributed by atoms with Crippen LogP contribution in [0, 0.1) is 0 Å². The minimum absolute atomic E-state index is 0. The predicted molar refractivity (Wildman–Crippen MR) is 88.7 cm³/mol. The summed E-state index contributed by atoms with van der Waals surface area (Å²) >= 11 is 0. The molecular formula is C14H23ClN2O3S. The standard InChI is InChI=1S/C14H22N2O3S.ClH/c1-10(2)11-5-4-6-12(9-11)16-14(17)13(15)7-8-20(3,18)19;/h4-6,9-10,13H,7-8,15H2,1-3H3,(H,16,17);1H. The predicted octanol–water partition coefficient (Wildman–Crippen LogP) is 1.93. The number of amides is 1. The fourth-order valence-corrected chi connectivity index (χ4v) is 2.36. The van der Waals surface area contributed by atoms with Crippen molar-refractivity contribution in [3.8, 4) is 0 Å². The van der Waals surface area contributed by atoms with Crippen LogP contribution >= 0.6 is 12.4 Å². The van der Waals surface area contributed by atoms with Gasteiger partial charge in [0.15, 0.2) is 0 Å². The molecule has 0 saturated heterocycles. The molecule has 5 nitrogen and oxygen atoms in total. The number of halogens is 1. The van der Waals surface area contributed by atoms with Crippen LogP contribution in [-0.2, 0) is 14.6 Å². The minimum atomic E-state index is -3.10. The zero-order valence-electron chi connectivity index (χ0n) is 12.5. The van der Waals surface area contributed by atoms with E-state index in [4.69, 9.17) is 5.73 Å². The Morgan fingerprint density at radius 1 is 1.33 bits per heavy atom. The van der Waals surface area contributed by atoms with Gasteiger partial charge in [-0.05, 0) is 30.0 Å². The highest BCUT2D eigenvalue weighted by atomic mass is 35.5. The number of carbonyl (C=O) groups is 1. The maximum atomic E-state index is 11.9. The van der Waals surface area contributed by atoms with E-state index in [1.807, 2.05) is 18.2 Å². The number of rotatable bonds is 6. The van der Waals surface area contributed by atoms with Crippen molar-refractivity contribution in [3.63, 3.8) is 0 Å². The fraction of sp³-hybridized carbons (Fsp3) is 0.500. The number of nitrogens with two attached hydrogens (primary N) is 1. The lowest BCUT2D eigenvalue weighted by Gasteiger charge is -2.13. The third kappa shape index (κ3) is 7.45. The summed E-state index contributed by atoms with van der Waals surface area (Å²) in [5.74, 6) is -0.0894. The molecule has 21 heavy (non-hydrogen) atoms. The Kier molecular flexibility index (Phi) is 7.92. The largest absolute Gasteiger partial charge is 0.325 e. The molecule has 0 radical (unpaired) electrons. The number of carbonyl (C=O) groups excluding carboxylic acids is 1. The molecule has 1 aromatic rings. The van der Waals surface area contributed by atoms with Crippen molar-refractivity contribution in [3.05, 3.63) is 29.8 Å². The maximum absolute atomic E-state index is 11.9. The number of anilines is 1. The van der Waals surface area contributed by atoms with Gasteiger partial charge in [-0.1, -0.05) is 26.0 Å². The van der Waals surface area contributed by atoms with E-state index in [-0.39, 0.29) is 30.5 Å². The van der Waals surface area contributed by atoms with E-state index in [0.717, 1.165) is 11.8 Å². The number of nitrogens with one attached hydrogen (secondary N) is 1. The highest BCUT2D eigenvalue weighted by Crippen LogP contribution is 2.18. The molecule has 1 aromatic carbocycles. The second-order valence-electron chi connectivity index (χ2n) is 5.29. The number of sulfone groups is 1. The Labute approximate surface area is 132 Å². The summed E-state index contributed by atoms with van der Waals surface area (Å²) < 4.78 is 22.1. The summed E-state index contributed by atoms with van der Waals surface area (Å²) in [6, 6.07) is 6.71. The number of hydrogen-bond donors (Lipinski definition) is 2. The lowest BCUT2D eigenvalue weighted by molar-refractivity contribution is -0.117. The first-order chi connectivity index (χ1) is 9.19. The van der Waals surface area contributed by atoms with Gasteiger partial charge in [-0.3, -0.25) is 4.79 Å². The van der Waals surface area contributed by atoms with Crippen LogP contribution in [0.25, 0.3) is 0 Å². The zero-order chi connectivity index (χ0) is 15.3. The van der Waals surface area contributed by atoms with Crippen molar-refractivity contribution in [1.82, 2.24) is 0 Å². The maximum Gasteiger partial charge on any atom is 0.241 e. The van der Waals surface area contributed by atoms with Gasteiger partial charge < -0.3 is 11.1 Å². The molecule has 1 amide bonds. The van der Waals surface area contributed by atoms with Crippen LogP contribution in [0.15, 0.2) is 24.3 Å². The van der Waals surface area contributed by atoms with Crippen LogP contribution in [0.1, 0.15) is 31.7 Å². The van der Waals surface area contributed by atoms with Gasteiger partial charge in [-0.2, -0.15) is 0 Å². The first kappa shape index (κ1) is 19.9. The van der Waals surface area contributed by atoms with Crippen molar-refractivity contribution < 1.29 is 13.2 Å². The first-order valence-electron chi connectivity index (χ1n) is 6.53. The molecule has 0 fully saturated rings. The molecule has 0 aromatic heterocycles. The molecule has 120 valence electrons. The summed E-state index contributed by atoms with van der Waals surface area (Å²) in [5, 5.41) is 2.71. The van der Waals surface area contributed by atoms with Gasteiger partial charge in [-0.15, -0.1) is 12.4 Å². The molecule has 3 N–H and O–H groups in total. The molecule has 1 unspecified atom stereocenters. The van der Waals surface area contributed by atoms with Crippen molar-refractivity contribution in [2.24, 2.45) is 5.73 Å². The Hall–Kier alpha value is -1.11. The van der Waals surface area contributed by atoms with Crippen molar-refractivity contribution in [2.45, 2.75) is 32.2 Å². The van der Waals surface area contributed by atoms with Gasteiger partial charge in [0.1, 0.15) is 9.84 Å². The van der Waals surface area contributed by atoms with Crippen LogP contribution in [0.5, 0.6) is 0 Å². The van der Waals surface area contributed by atoms with Gasteiger partial charge in [0.05, 0.1) is 11.8 Å². The van der Waals surface area contributed by atoms with E-state index in [1.165, 1.54) is 0 Å². The molecule has 0 spiro atoms. The molecule has 0 aliphatic heterocycles. The van der Waals surface area contributed by atoms with Crippen LogP contribution < -0.4 is 11.1 Å². The van der Waals surface area contributed by atoms with Crippen molar-refractivity contribution in [2.75, 3.05) is 17.3 Å². The van der Waals surface area contributed by atoms with E-state index in [2.05, 4.69) is 19.2 Å². The van der Waals surface area contributed by atoms with E-state index >= 15 is 0 Å². The molecule has 0 heterocycles. The van der Waals surface area contributed by atoms with Crippen molar-refractivity contribution >= 4 is 33.8 Å². The van der Waals surface area contributed by atoms with Crippen LogP contribution in [0.4, 0.5) is 5.69 Å². The molecule has 0 saturated carbocycles. The molecule has 1 atom stereocenters. The highest BCUT2D eigenvalue weighted by Gasteiger charge is 2.16. The summed E-state index contributed by atoms with van der Waals surface area (Å²) in [7, 11) is -3.10. The topological polar surface area (TPSA) is 89.3 Å². The van der Waals surface area contributed by atoms with Crippen LogP contribution in [0.3, 0.4) is 0 Å². The Morgan fingerprint density at radius 2 is 1.95 bits per heavy atom. The lowest BCUT2D eigenvalue weighted by Crippen LogP contribution is -2.37. The Morgan fingerprint density at radius 3 is 2.48 bits per heavy atom. The zero-order valence-corrected chi connectivity index (χ0v) is 14.1. The summed E-state index contributed by atoms with van der Waals surface area (Å²) in [6.45, 7) is 4.14. The summed E-state index contributed by atoms with van der Waals surface area (Å²) in [6.07, 6.45) is 1.25. The second kappa shape index (κ2) is 8.36. The third-order valence-corrected chi connectivity index (χ3v) is 3.93. The second-order valence-corrected chi connectivity index (χ2v) is 7.55. The van der Waals surface area contributed by atoms with E-state index in [1.54, 1.807) is 6.07 Å². The quantitative estimate of drug-likeness (QED) is 0.831. The summed E-state index contributed by atoms with van der Waals surface area (Å²) in [4.78, 5) is 11.9. The average molecular weight is 335 g/mol. The SMILES string of the molecule is CC(C)c1cccc(NC(=O)C(N)CCS(C)(=O)=O)c1.Cl. The van der Waals surface area contributed by atoms with E-state index < -0.39 is 15.9 Å². The Bertz CT molecular complexity index is 573. The Balaban J connectivity index is 0.00000400. The first-order valence-corrected chi connectivity index (χ1v) is 8.59. The van der Waals surface area contributed by atoms with Crippen molar-refractivity contribution in [1.29, 1.82) is 0 Å². The van der Waals surface area contributed by atoms with Gasteiger partial charge in [0, 0.05) is 11.9 Å². The van der Waals surface area contributed by atoms with E-state index in [9.17, 15) is 13.2 Å². The third-order valence-electron chi connectivity index (χ3n) is 2.96. The number of benzene rings is 1. The van der Waals surface area contributed by atoms with E-state index in [0.29, 0.717) is 11.6 Å². The average Bonchev–Trinajstić information content (AvgIpc) is 2.35. The number of hydrogen-bond acceptors (Lipinski definition) is 4. The van der Waals surface area contributed by atoms with Gasteiger partial charge in [-0.25, -0.2) is 8.42 Å². The minimum Gasteiger partial charge on any atom is -0.325 e. The molecule has 0 aliphatic rings. The van der Waals surface area contributed by atoms with Gasteiger partial charge in [0.25, 0.3) is 0 Å². The lowest BCUT2D eigenvalue weighted by atomic mass is 10.0.